The molecule has 0 radical (unpaired) electrons. The molecule has 0 bridgehead atoms. The number of ketones is 1. The highest BCUT2D eigenvalue weighted by Gasteiger charge is 2.14. The van der Waals surface area contributed by atoms with Crippen molar-refractivity contribution in [3.63, 3.8) is 0 Å². The smallest absolute Gasteiger partial charge is 0.277 e. The number of nitrogens with zero attached hydrogens (tertiary/aromatic N) is 1. The van der Waals surface area contributed by atoms with Gasteiger partial charge in [-0.15, -0.1) is 0 Å². The molecule has 3 rings (SSSR count). The highest BCUT2D eigenvalue weighted by molar-refractivity contribution is 6.04. The van der Waals surface area contributed by atoms with Crippen molar-refractivity contribution in [2.24, 2.45) is 0 Å². The van der Waals surface area contributed by atoms with E-state index in [1.165, 1.54) is 6.92 Å². The van der Waals surface area contributed by atoms with E-state index >= 15 is 0 Å². The first-order valence-electron chi connectivity index (χ1n) is 7.60. The van der Waals surface area contributed by atoms with Gasteiger partial charge < -0.3 is 14.6 Å². The Morgan fingerprint density at radius 3 is 2.52 bits per heavy atom. The molecule has 0 unspecified atom stereocenters. The molecule has 1 N–H and O–H groups in total. The van der Waals surface area contributed by atoms with Gasteiger partial charge in [-0.25, -0.2) is 0 Å². The fraction of sp³-hybridized carbons (Fsp3) is 0.105. The van der Waals surface area contributed by atoms with E-state index in [-0.39, 0.29) is 11.5 Å². The van der Waals surface area contributed by atoms with Crippen LogP contribution in [0.2, 0.25) is 0 Å². The van der Waals surface area contributed by atoms with Gasteiger partial charge in [0.2, 0.25) is 0 Å². The monoisotopic (exact) mass is 336 g/mol. The molecule has 0 atom stereocenters. The number of methoxy groups -OCH3 is 1. The van der Waals surface area contributed by atoms with E-state index in [9.17, 15) is 9.59 Å². The highest BCUT2D eigenvalue weighted by atomic mass is 16.5. The number of nitrogens with one attached hydrogen (secondary N) is 1. The molecule has 2 aromatic carbocycles. The molecule has 126 valence electrons. The molecule has 1 amide bonds. The number of carbonyl (C=O) groups is 2. The van der Waals surface area contributed by atoms with Crippen molar-refractivity contribution in [1.82, 2.24) is 5.16 Å². The first kappa shape index (κ1) is 16.4. The van der Waals surface area contributed by atoms with Gasteiger partial charge in [0.05, 0.1) is 7.11 Å². The Labute approximate surface area is 144 Å². The minimum atomic E-state index is -0.413. The third-order valence-corrected chi connectivity index (χ3v) is 3.64. The van der Waals surface area contributed by atoms with E-state index in [4.69, 9.17) is 9.26 Å². The number of rotatable bonds is 5. The largest absolute Gasteiger partial charge is 0.497 e. The summed E-state index contributed by atoms with van der Waals surface area (Å²) in [6.07, 6.45) is 0. The third kappa shape index (κ3) is 3.74. The second-order valence-electron chi connectivity index (χ2n) is 5.40. The van der Waals surface area contributed by atoms with Gasteiger partial charge in [0.1, 0.15) is 5.75 Å². The lowest BCUT2D eigenvalue weighted by atomic mass is 10.1. The number of amides is 1. The molecule has 6 nitrogen and oxygen atoms in total. The Balaban J connectivity index is 1.76. The summed E-state index contributed by atoms with van der Waals surface area (Å²) in [7, 11) is 1.59. The van der Waals surface area contributed by atoms with Crippen LogP contribution in [-0.2, 0) is 0 Å². The van der Waals surface area contributed by atoms with Gasteiger partial charge in [0.15, 0.2) is 17.2 Å². The summed E-state index contributed by atoms with van der Waals surface area (Å²) in [5.74, 6) is 0.723. The Morgan fingerprint density at radius 1 is 1.08 bits per heavy atom. The Bertz CT molecular complexity index is 913. The van der Waals surface area contributed by atoms with Crippen molar-refractivity contribution < 1.29 is 18.8 Å². The normalized spacial score (nSPS) is 10.3. The van der Waals surface area contributed by atoms with Crippen LogP contribution in [0.1, 0.15) is 27.8 Å². The predicted octanol–water partition coefficient (Wildman–Crippen LogP) is 3.81. The zero-order chi connectivity index (χ0) is 17.8. The Hall–Kier alpha value is -3.41. The zero-order valence-electron chi connectivity index (χ0n) is 13.8. The van der Waals surface area contributed by atoms with Gasteiger partial charge in [-0.3, -0.25) is 9.59 Å². The van der Waals surface area contributed by atoms with E-state index in [2.05, 4.69) is 10.5 Å². The molecule has 25 heavy (non-hydrogen) atoms. The van der Waals surface area contributed by atoms with Crippen LogP contribution in [0.5, 0.6) is 5.75 Å². The second-order valence-corrected chi connectivity index (χ2v) is 5.40. The van der Waals surface area contributed by atoms with Crippen LogP contribution in [0, 0.1) is 0 Å². The SMILES string of the molecule is COc1ccc(-c2cc(C(=O)Nc3cccc(C(C)=O)c3)no2)cc1. The van der Waals surface area contributed by atoms with Crippen molar-refractivity contribution in [2.45, 2.75) is 6.92 Å². The quantitative estimate of drug-likeness (QED) is 0.717. The van der Waals surface area contributed by atoms with E-state index in [1.807, 2.05) is 12.1 Å². The van der Waals surface area contributed by atoms with Crippen LogP contribution in [0.4, 0.5) is 5.69 Å². The van der Waals surface area contributed by atoms with Crippen molar-refractivity contribution in [3.8, 4) is 17.1 Å². The first-order chi connectivity index (χ1) is 12.1. The van der Waals surface area contributed by atoms with Gasteiger partial charge in [0.25, 0.3) is 5.91 Å². The summed E-state index contributed by atoms with van der Waals surface area (Å²) in [6, 6.07) is 15.5. The van der Waals surface area contributed by atoms with Crippen molar-refractivity contribution in [3.05, 3.63) is 65.9 Å². The van der Waals surface area contributed by atoms with Crippen molar-refractivity contribution in [2.75, 3.05) is 12.4 Å². The summed E-state index contributed by atoms with van der Waals surface area (Å²) < 4.78 is 10.3. The summed E-state index contributed by atoms with van der Waals surface area (Å²) >= 11 is 0. The number of Topliss-reactive ketones (excluding diaryl/α,β-unsaturated/α-hetero) is 1. The summed E-state index contributed by atoms with van der Waals surface area (Å²) in [5.41, 5.74) is 1.98. The standard InChI is InChI=1S/C19H16N2O4/c1-12(22)14-4-3-5-15(10-14)20-19(23)17-11-18(25-21-17)13-6-8-16(24-2)9-7-13/h3-11H,1-2H3,(H,20,23). The van der Waals surface area contributed by atoms with Gasteiger partial charge in [-0.05, 0) is 43.3 Å². The second kappa shape index (κ2) is 7.00. The van der Waals surface area contributed by atoms with Crippen LogP contribution >= 0.6 is 0 Å². The maximum absolute atomic E-state index is 12.3. The van der Waals surface area contributed by atoms with Crippen LogP contribution in [0.25, 0.3) is 11.3 Å². The maximum Gasteiger partial charge on any atom is 0.277 e. The van der Waals surface area contributed by atoms with Gasteiger partial charge >= 0.3 is 0 Å². The number of anilines is 1. The molecule has 3 aromatic rings. The number of hydrogen-bond acceptors (Lipinski definition) is 5. The number of carbonyl (C=O) groups excluding carboxylic acids is 2. The van der Waals surface area contributed by atoms with E-state index in [0.29, 0.717) is 17.0 Å². The summed E-state index contributed by atoms with van der Waals surface area (Å²) in [6.45, 7) is 1.47. The number of benzene rings is 2. The average Bonchev–Trinajstić information content (AvgIpc) is 3.12. The zero-order valence-corrected chi connectivity index (χ0v) is 13.8. The lowest BCUT2D eigenvalue weighted by molar-refractivity contribution is 0.100. The summed E-state index contributed by atoms with van der Waals surface area (Å²) in [4.78, 5) is 23.7. The predicted molar refractivity (Wildman–Crippen MR) is 92.9 cm³/mol. The molecule has 0 saturated heterocycles. The van der Waals surface area contributed by atoms with Gasteiger partial charge in [0, 0.05) is 22.9 Å². The molecule has 0 aliphatic rings. The fourth-order valence-electron chi connectivity index (χ4n) is 2.28. The van der Waals surface area contributed by atoms with E-state index in [1.54, 1.807) is 49.6 Å². The molecule has 0 spiro atoms. The summed E-state index contributed by atoms with van der Waals surface area (Å²) in [5, 5.41) is 6.51. The third-order valence-electron chi connectivity index (χ3n) is 3.64. The van der Waals surface area contributed by atoms with E-state index < -0.39 is 5.91 Å². The minimum Gasteiger partial charge on any atom is -0.497 e. The molecule has 0 aliphatic heterocycles. The lowest BCUT2D eigenvalue weighted by Gasteiger charge is -2.04. The molecule has 1 heterocycles. The first-order valence-corrected chi connectivity index (χ1v) is 7.60. The Kier molecular flexibility index (Phi) is 4.61. The molecule has 0 fully saturated rings. The van der Waals surface area contributed by atoms with Crippen LogP contribution in [0.15, 0.2) is 59.1 Å². The highest BCUT2D eigenvalue weighted by Crippen LogP contribution is 2.23. The molecular weight excluding hydrogens is 320 g/mol. The number of hydrogen-bond donors (Lipinski definition) is 1. The molecule has 1 aromatic heterocycles. The molecule has 6 heteroatoms. The molecular formula is C19H16N2O4. The fourth-order valence-corrected chi connectivity index (χ4v) is 2.28. The Morgan fingerprint density at radius 2 is 1.84 bits per heavy atom. The van der Waals surface area contributed by atoms with Crippen molar-refractivity contribution >= 4 is 17.4 Å². The van der Waals surface area contributed by atoms with Crippen LogP contribution in [0.3, 0.4) is 0 Å². The minimum absolute atomic E-state index is 0.0701. The number of ether oxygens (including phenoxy) is 1. The lowest BCUT2D eigenvalue weighted by Crippen LogP contribution is -2.12. The van der Waals surface area contributed by atoms with Gasteiger partial charge in [-0.2, -0.15) is 0 Å². The molecule has 0 saturated carbocycles. The topological polar surface area (TPSA) is 81.4 Å². The number of aromatic nitrogens is 1. The van der Waals surface area contributed by atoms with Crippen LogP contribution < -0.4 is 10.1 Å². The van der Waals surface area contributed by atoms with Crippen LogP contribution in [-0.4, -0.2) is 24.0 Å². The molecule has 0 aliphatic carbocycles. The van der Waals surface area contributed by atoms with Gasteiger partial charge in [-0.1, -0.05) is 17.3 Å². The average molecular weight is 336 g/mol. The van der Waals surface area contributed by atoms with Crippen molar-refractivity contribution in [1.29, 1.82) is 0 Å². The van der Waals surface area contributed by atoms with E-state index in [0.717, 1.165) is 11.3 Å². The maximum atomic E-state index is 12.3.